The maximum atomic E-state index is 12.7. The Morgan fingerprint density at radius 2 is 1.41 bits per heavy atom. The fraction of sp³-hybridized carbons (Fsp3) is 0.250. The van der Waals surface area contributed by atoms with Crippen LogP contribution in [0, 0.1) is 0 Å². The summed E-state index contributed by atoms with van der Waals surface area (Å²) in [6, 6.07) is 25.6. The number of hydrogen-bond acceptors (Lipinski definition) is 2. The largest absolute Gasteiger partial charge is 0.494 e. The van der Waals surface area contributed by atoms with Gasteiger partial charge >= 0.3 is 6.18 Å². The summed E-state index contributed by atoms with van der Waals surface area (Å²) in [6.45, 7) is 1.85. The molecule has 0 aliphatic rings. The molecule has 0 atom stereocenters. The van der Waals surface area contributed by atoms with Gasteiger partial charge in [0.2, 0.25) is 0 Å². The van der Waals surface area contributed by atoms with Crippen molar-refractivity contribution in [1.29, 1.82) is 0 Å². The van der Waals surface area contributed by atoms with E-state index in [0.717, 1.165) is 25.2 Å². The van der Waals surface area contributed by atoms with E-state index in [0.29, 0.717) is 13.0 Å². The van der Waals surface area contributed by atoms with E-state index in [1.54, 1.807) is 6.07 Å². The lowest BCUT2D eigenvalue weighted by Gasteiger charge is -2.19. The van der Waals surface area contributed by atoms with Crippen LogP contribution in [0.3, 0.4) is 0 Å². The summed E-state index contributed by atoms with van der Waals surface area (Å²) in [5.74, 6) is 0.480. The van der Waals surface area contributed by atoms with Gasteiger partial charge in [-0.15, -0.1) is 0 Å². The lowest BCUT2D eigenvalue weighted by molar-refractivity contribution is -0.137. The first-order chi connectivity index (χ1) is 14.0. The Morgan fingerprint density at radius 3 is 2.00 bits per heavy atom. The molecule has 1 N–H and O–H groups in total. The number of nitrogens with one attached hydrogen (secondary N) is 1. The van der Waals surface area contributed by atoms with Gasteiger partial charge < -0.3 is 10.1 Å². The van der Waals surface area contributed by atoms with Crippen LogP contribution in [0.1, 0.15) is 29.0 Å². The molecule has 5 heteroatoms. The van der Waals surface area contributed by atoms with Crippen LogP contribution < -0.4 is 10.1 Å². The molecule has 0 bridgehead atoms. The number of benzene rings is 3. The smallest absolute Gasteiger partial charge is 0.416 e. The normalized spacial score (nSPS) is 11.6. The average Bonchev–Trinajstić information content (AvgIpc) is 2.74. The fourth-order valence-corrected chi connectivity index (χ4v) is 3.19. The second-order valence-electron chi connectivity index (χ2n) is 6.81. The maximum Gasteiger partial charge on any atom is 0.416 e. The summed E-state index contributed by atoms with van der Waals surface area (Å²) >= 11 is 0. The molecule has 0 saturated carbocycles. The van der Waals surface area contributed by atoms with Crippen LogP contribution in [0.2, 0.25) is 0 Å². The van der Waals surface area contributed by atoms with Crippen LogP contribution in [0.4, 0.5) is 13.2 Å². The topological polar surface area (TPSA) is 21.3 Å². The summed E-state index contributed by atoms with van der Waals surface area (Å²) in [5, 5.41) is 3.44. The van der Waals surface area contributed by atoms with Crippen molar-refractivity contribution < 1.29 is 17.9 Å². The van der Waals surface area contributed by atoms with Crippen molar-refractivity contribution in [2.75, 3.05) is 19.7 Å². The first-order valence-corrected chi connectivity index (χ1v) is 9.65. The van der Waals surface area contributed by atoms with Gasteiger partial charge in [0.1, 0.15) is 5.75 Å². The highest BCUT2D eigenvalue weighted by molar-refractivity contribution is 5.33. The molecule has 29 heavy (non-hydrogen) atoms. The monoisotopic (exact) mass is 399 g/mol. The zero-order valence-corrected chi connectivity index (χ0v) is 16.0. The predicted octanol–water partition coefficient (Wildman–Crippen LogP) is 5.90. The molecule has 3 aromatic rings. The molecule has 0 aromatic heterocycles. The molecule has 3 aromatic carbocycles. The van der Waals surface area contributed by atoms with Crippen molar-refractivity contribution in [2.24, 2.45) is 0 Å². The van der Waals surface area contributed by atoms with Crippen molar-refractivity contribution in [3.05, 3.63) is 102 Å². The molecule has 0 radical (unpaired) electrons. The standard InChI is InChI=1S/C24H24F3NO/c25-24(26,27)21-13-7-14-22(17-21)29-16-8-15-28-18-23(19-9-3-1-4-10-19)20-11-5-2-6-12-20/h1-7,9-14,17,23,28H,8,15-16,18H2. The number of hydrogen-bond donors (Lipinski definition) is 1. The summed E-state index contributed by atoms with van der Waals surface area (Å²) in [6.07, 6.45) is -3.66. The first kappa shape index (κ1) is 20.9. The lowest BCUT2D eigenvalue weighted by atomic mass is 9.91. The maximum absolute atomic E-state index is 12.7. The van der Waals surface area contributed by atoms with E-state index in [1.165, 1.54) is 17.2 Å². The molecule has 0 unspecified atom stereocenters. The molecule has 0 heterocycles. The third-order valence-corrected chi connectivity index (χ3v) is 4.68. The fourth-order valence-electron chi connectivity index (χ4n) is 3.19. The average molecular weight is 399 g/mol. The molecule has 152 valence electrons. The molecular formula is C24H24F3NO. The van der Waals surface area contributed by atoms with E-state index in [4.69, 9.17) is 4.74 Å². The van der Waals surface area contributed by atoms with Gasteiger partial charge in [-0.1, -0.05) is 66.7 Å². The molecule has 0 amide bonds. The van der Waals surface area contributed by atoms with Crippen LogP contribution in [-0.4, -0.2) is 19.7 Å². The van der Waals surface area contributed by atoms with Gasteiger partial charge in [-0.2, -0.15) is 13.2 Å². The van der Waals surface area contributed by atoms with E-state index >= 15 is 0 Å². The highest BCUT2D eigenvalue weighted by Gasteiger charge is 2.30. The summed E-state index contributed by atoms with van der Waals surface area (Å²) in [4.78, 5) is 0. The first-order valence-electron chi connectivity index (χ1n) is 9.65. The van der Waals surface area contributed by atoms with E-state index in [9.17, 15) is 13.2 Å². The Morgan fingerprint density at radius 1 is 0.793 bits per heavy atom. The molecule has 3 rings (SSSR count). The Labute approximate surface area is 169 Å². The lowest BCUT2D eigenvalue weighted by Crippen LogP contribution is -2.24. The molecular weight excluding hydrogens is 375 g/mol. The zero-order valence-electron chi connectivity index (χ0n) is 16.0. The highest BCUT2D eigenvalue weighted by Crippen LogP contribution is 2.31. The molecule has 0 saturated heterocycles. The van der Waals surface area contributed by atoms with E-state index in [2.05, 4.69) is 29.6 Å². The van der Waals surface area contributed by atoms with Crippen molar-refractivity contribution in [2.45, 2.75) is 18.5 Å². The van der Waals surface area contributed by atoms with Crippen LogP contribution >= 0.6 is 0 Å². The van der Waals surface area contributed by atoms with Gasteiger partial charge in [-0.25, -0.2) is 0 Å². The van der Waals surface area contributed by atoms with Crippen LogP contribution in [-0.2, 0) is 6.18 Å². The van der Waals surface area contributed by atoms with Crippen LogP contribution in [0.5, 0.6) is 5.75 Å². The van der Waals surface area contributed by atoms with Gasteiger partial charge in [-0.05, 0) is 42.3 Å². The minimum atomic E-state index is -4.36. The quantitative estimate of drug-likeness (QED) is 0.453. The van der Waals surface area contributed by atoms with E-state index < -0.39 is 11.7 Å². The SMILES string of the molecule is FC(F)(F)c1cccc(OCCCNCC(c2ccccc2)c2ccccc2)c1. The van der Waals surface area contributed by atoms with Crippen LogP contribution in [0.15, 0.2) is 84.9 Å². The summed E-state index contributed by atoms with van der Waals surface area (Å²) in [5.41, 5.74) is 1.79. The third kappa shape index (κ3) is 6.36. The number of halogens is 3. The summed E-state index contributed by atoms with van der Waals surface area (Å²) in [7, 11) is 0. The van der Waals surface area contributed by atoms with Gasteiger partial charge in [0, 0.05) is 12.5 Å². The molecule has 2 nitrogen and oxygen atoms in total. The van der Waals surface area contributed by atoms with Crippen molar-refractivity contribution in [3.63, 3.8) is 0 Å². The third-order valence-electron chi connectivity index (χ3n) is 4.68. The second-order valence-corrected chi connectivity index (χ2v) is 6.81. The van der Waals surface area contributed by atoms with E-state index in [1.807, 2.05) is 36.4 Å². The van der Waals surface area contributed by atoms with E-state index in [-0.39, 0.29) is 11.7 Å². The van der Waals surface area contributed by atoms with Gasteiger partial charge in [-0.3, -0.25) is 0 Å². The number of alkyl halides is 3. The number of rotatable bonds is 9. The Kier molecular flexibility index (Phi) is 7.30. The Hall–Kier alpha value is -2.79. The van der Waals surface area contributed by atoms with Crippen molar-refractivity contribution >= 4 is 0 Å². The van der Waals surface area contributed by atoms with Gasteiger partial charge in [0.15, 0.2) is 0 Å². The minimum absolute atomic E-state index is 0.238. The Balaban J connectivity index is 1.47. The predicted molar refractivity (Wildman–Crippen MR) is 109 cm³/mol. The molecule has 0 aliphatic heterocycles. The van der Waals surface area contributed by atoms with Crippen LogP contribution in [0.25, 0.3) is 0 Å². The zero-order chi connectivity index (χ0) is 20.5. The molecule has 0 fully saturated rings. The van der Waals surface area contributed by atoms with Gasteiger partial charge in [0.25, 0.3) is 0 Å². The number of ether oxygens (including phenoxy) is 1. The van der Waals surface area contributed by atoms with Crippen molar-refractivity contribution in [3.8, 4) is 5.75 Å². The minimum Gasteiger partial charge on any atom is -0.494 e. The summed E-state index contributed by atoms with van der Waals surface area (Å²) < 4.78 is 43.7. The van der Waals surface area contributed by atoms with Crippen molar-refractivity contribution in [1.82, 2.24) is 5.32 Å². The molecule has 0 spiro atoms. The van der Waals surface area contributed by atoms with Gasteiger partial charge in [0.05, 0.1) is 12.2 Å². The second kappa shape index (κ2) is 10.1. The Bertz CT molecular complexity index is 827. The molecule has 0 aliphatic carbocycles. The highest BCUT2D eigenvalue weighted by atomic mass is 19.4.